The van der Waals surface area contributed by atoms with Crippen LogP contribution in [0.2, 0.25) is 0 Å². The maximum Gasteiger partial charge on any atom is 0.262 e. The number of thioether (sulfide) groups is 1. The SMILES string of the molecule is O=C1Nc2ccccc2SC1=Cc1ccc(C(=O)NCC[NH+]2CCN(c3ccccc3)CC2)cc1. The van der Waals surface area contributed by atoms with E-state index in [9.17, 15) is 9.59 Å². The van der Waals surface area contributed by atoms with Crippen molar-refractivity contribution in [2.45, 2.75) is 4.90 Å². The molecule has 3 N–H and O–H groups in total. The second kappa shape index (κ2) is 10.8. The fourth-order valence-corrected chi connectivity index (χ4v) is 5.36. The number of quaternary nitrogens is 1. The Morgan fingerprint density at radius 2 is 1.69 bits per heavy atom. The molecule has 0 unspecified atom stereocenters. The third-order valence-corrected chi connectivity index (χ3v) is 7.50. The van der Waals surface area contributed by atoms with E-state index in [1.54, 1.807) is 0 Å². The van der Waals surface area contributed by atoms with Crippen molar-refractivity contribution in [3.05, 3.63) is 94.9 Å². The monoisotopic (exact) mass is 485 g/mol. The van der Waals surface area contributed by atoms with Crippen LogP contribution in [0.1, 0.15) is 15.9 Å². The summed E-state index contributed by atoms with van der Waals surface area (Å²) < 4.78 is 0. The number of nitrogens with one attached hydrogen (secondary N) is 3. The van der Waals surface area contributed by atoms with E-state index < -0.39 is 0 Å². The summed E-state index contributed by atoms with van der Waals surface area (Å²) in [5, 5.41) is 5.97. The van der Waals surface area contributed by atoms with E-state index in [1.165, 1.54) is 22.3 Å². The van der Waals surface area contributed by atoms with Crippen LogP contribution in [-0.4, -0.2) is 51.1 Å². The van der Waals surface area contributed by atoms with Crippen molar-refractivity contribution in [1.82, 2.24) is 5.32 Å². The number of benzene rings is 3. The minimum atomic E-state index is -0.109. The van der Waals surface area contributed by atoms with Gasteiger partial charge in [0.1, 0.15) is 0 Å². The van der Waals surface area contributed by atoms with Crippen molar-refractivity contribution in [3.63, 3.8) is 0 Å². The van der Waals surface area contributed by atoms with Crippen LogP contribution in [-0.2, 0) is 4.79 Å². The summed E-state index contributed by atoms with van der Waals surface area (Å²) in [5.41, 5.74) is 3.64. The van der Waals surface area contributed by atoms with Gasteiger partial charge >= 0.3 is 0 Å². The van der Waals surface area contributed by atoms with Crippen LogP contribution >= 0.6 is 11.8 Å². The average molecular weight is 486 g/mol. The zero-order chi connectivity index (χ0) is 24.0. The minimum absolute atomic E-state index is 0.0646. The lowest BCUT2D eigenvalue weighted by Crippen LogP contribution is -3.15. The predicted octanol–water partition coefficient (Wildman–Crippen LogP) is 2.91. The highest BCUT2D eigenvalue weighted by Crippen LogP contribution is 2.38. The van der Waals surface area contributed by atoms with Crippen LogP contribution < -0.4 is 20.4 Å². The Morgan fingerprint density at radius 3 is 2.46 bits per heavy atom. The molecule has 3 aromatic carbocycles. The van der Waals surface area contributed by atoms with Gasteiger partial charge in [0.2, 0.25) is 0 Å². The van der Waals surface area contributed by atoms with E-state index in [0.717, 1.165) is 48.9 Å². The van der Waals surface area contributed by atoms with E-state index in [-0.39, 0.29) is 11.8 Å². The first kappa shape index (κ1) is 23.2. The fraction of sp³-hybridized carbons (Fsp3) is 0.214. The van der Waals surface area contributed by atoms with Crippen molar-refractivity contribution in [2.75, 3.05) is 49.5 Å². The van der Waals surface area contributed by atoms with Gasteiger partial charge in [-0.3, -0.25) is 9.59 Å². The van der Waals surface area contributed by atoms with E-state index in [1.807, 2.05) is 60.7 Å². The quantitative estimate of drug-likeness (QED) is 0.470. The van der Waals surface area contributed by atoms with E-state index in [4.69, 9.17) is 0 Å². The van der Waals surface area contributed by atoms with Crippen LogP contribution in [0.5, 0.6) is 0 Å². The van der Waals surface area contributed by atoms with Gasteiger partial charge in [-0.25, -0.2) is 0 Å². The molecule has 0 atom stereocenters. The molecule has 6 nitrogen and oxygen atoms in total. The molecule has 1 fully saturated rings. The topological polar surface area (TPSA) is 65.9 Å². The van der Waals surface area contributed by atoms with E-state index >= 15 is 0 Å². The molecule has 0 aliphatic carbocycles. The van der Waals surface area contributed by atoms with Gasteiger partial charge in [-0.1, -0.05) is 54.2 Å². The fourth-order valence-electron chi connectivity index (χ4n) is 4.41. The highest BCUT2D eigenvalue weighted by molar-refractivity contribution is 8.04. The summed E-state index contributed by atoms with van der Waals surface area (Å²) in [7, 11) is 0. The van der Waals surface area contributed by atoms with Gasteiger partial charge < -0.3 is 20.4 Å². The molecule has 2 aliphatic rings. The first-order chi connectivity index (χ1) is 17.2. The molecule has 7 heteroatoms. The van der Waals surface area contributed by atoms with Gasteiger partial charge in [0.05, 0.1) is 49.9 Å². The lowest BCUT2D eigenvalue weighted by molar-refractivity contribution is -0.899. The van der Waals surface area contributed by atoms with Crippen LogP contribution in [0.15, 0.2) is 88.7 Å². The number of carbonyl (C=O) groups is 2. The molecule has 0 radical (unpaired) electrons. The molecule has 178 valence electrons. The number of amides is 2. The van der Waals surface area contributed by atoms with Gasteiger partial charge in [-0.2, -0.15) is 0 Å². The normalized spacial score (nSPS) is 17.1. The van der Waals surface area contributed by atoms with Gasteiger partial charge in [0.25, 0.3) is 11.8 Å². The highest BCUT2D eigenvalue weighted by Gasteiger charge is 2.21. The third-order valence-electron chi connectivity index (χ3n) is 6.41. The third kappa shape index (κ3) is 5.75. The molecule has 2 amide bonds. The summed E-state index contributed by atoms with van der Waals surface area (Å²) in [6.45, 7) is 5.79. The molecule has 3 aromatic rings. The Bertz CT molecular complexity index is 1220. The highest BCUT2D eigenvalue weighted by atomic mass is 32.2. The average Bonchev–Trinajstić information content (AvgIpc) is 2.90. The maximum absolute atomic E-state index is 12.6. The van der Waals surface area contributed by atoms with E-state index in [2.05, 4.69) is 39.8 Å². The summed E-state index contributed by atoms with van der Waals surface area (Å²) in [6.07, 6.45) is 1.86. The molecule has 1 saturated heterocycles. The molecule has 5 rings (SSSR count). The number of nitrogens with zero attached hydrogens (tertiary/aromatic N) is 1. The number of anilines is 2. The Kier molecular flexibility index (Phi) is 7.16. The second-order valence-electron chi connectivity index (χ2n) is 8.76. The van der Waals surface area contributed by atoms with Crippen molar-refractivity contribution in [2.24, 2.45) is 0 Å². The van der Waals surface area contributed by atoms with Crippen LogP contribution in [0.3, 0.4) is 0 Å². The van der Waals surface area contributed by atoms with Crippen molar-refractivity contribution in [1.29, 1.82) is 0 Å². The zero-order valence-electron chi connectivity index (χ0n) is 19.5. The summed E-state index contributed by atoms with van der Waals surface area (Å²) in [6, 6.07) is 25.7. The Balaban J connectivity index is 1.09. The second-order valence-corrected chi connectivity index (χ2v) is 9.85. The van der Waals surface area contributed by atoms with Gasteiger partial charge in [0.15, 0.2) is 0 Å². The Hall–Kier alpha value is -3.55. The van der Waals surface area contributed by atoms with E-state index in [0.29, 0.717) is 17.0 Å². The molecule has 0 aromatic heterocycles. The lowest BCUT2D eigenvalue weighted by atomic mass is 10.1. The molecule has 0 saturated carbocycles. The van der Waals surface area contributed by atoms with Gasteiger partial charge in [0, 0.05) is 16.1 Å². The largest absolute Gasteiger partial charge is 0.360 e. The predicted molar refractivity (Wildman–Crippen MR) is 142 cm³/mol. The Labute approximate surface area is 210 Å². The van der Waals surface area contributed by atoms with Crippen molar-refractivity contribution >= 4 is 41.0 Å². The number of rotatable bonds is 6. The van der Waals surface area contributed by atoms with Crippen LogP contribution in [0, 0.1) is 0 Å². The van der Waals surface area contributed by atoms with Crippen molar-refractivity contribution in [3.8, 4) is 0 Å². The van der Waals surface area contributed by atoms with Crippen molar-refractivity contribution < 1.29 is 14.5 Å². The van der Waals surface area contributed by atoms with Gasteiger partial charge in [-0.05, 0) is 48.0 Å². The molecule has 35 heavy (non-hydrogen) atoms. The molecular weight excluding hydrogens is 456 g/mol. The van der Waals surface area contributed by atoms with Gasteiger partial charge in [-0.15, -0.1) is 0 Å². The standard InChI is InChI=1S/C28H28N4O2S/c33-27(29-14-15-31-16-18-32(19-17-31)23-6-2-1-3-7-23)22-12-10-21(11-13-22)20-26-28(34)30-24-8-4-5-9-25(24)35-26/h1-13,20H,14-19H2,(H,29,33)(H,30,34)/p+1. The summed E-state index contributed by atoms with van der Waals surface area (Å²) in [4.78, 5) is 30.6. The van der Waals surface area contributed by atoms with Crippen LogP contribution in [0.25, 0.3) is 6.08 Å². The van der Waals surface area contributed by atoms with Crippen LogP contribution in [0.4, 0.5) is 11.4 Å². The summed E-state index contributed by atoms with van der Waals surface area (Å²) in [5.74, 6) is -0.173. The molecule has 2 aliphatic heterocycles. The number of hydrogen-bond donors (Lipinski definition) is 3. The number of hydrogen-bond acceptors (Lipinski definition) is 4. The Morgan fingerprint density at radius 1 is 0.971 bits per heavy atom. The number of para-hydroxylation sites is 2. The first-order valence-corrected chi connectivity index (χ1v) is 12.8. The maximum atomic E-state index is 12.6. The number of piperazine rings is 1. The molecule has 0 spiro atoms. The summed E-state index contributed by atoms with van der Waals surface area (Å²) >= 11 is 1.46. The minimum Gasteiger partial charge on any atom is -0.360 e. The zero-order valence-corrected chi connectivity index (χ0v) is 20.3. The molecule has 0 bridgehead atoms. The molecular formula is C28H29N4O2S+. The molecule has 2 heterocycles. The lowest BCUT2D eigenvalue weighted by Gasteiger charge is -2.33. The number of carbonyl (C=O) groups excluding carboxylic acids is 2. The number of fused-ring (bicyclic) bond motifs is 1. The smallest absolute Gasteiger partial charge is 0.262 e. The first-order valence-electron chi connectivity index (χ1n) is 12.0.